The van der Waals surface area contributed by atoms with Gasteiger partial charge in [0.25, 0.3) is 0 Å². The zero-order valence-corrected chi connectivity index (χ0v) is 13.3. The largest absolute Gasteiger partial charge is 0.0884 e. The molecular formula is C15H20BrCl. The molecule has 0 amide bonds. The fraction of sp³-hybridized carbons (Fsp3) is 0.600. The molecule has 17 heavy (non-hydrogen) atoms. The van der Waals surface area contributed by atoms with Crippen molar-refractivity contribution < 1.29 is 0 Å². The first-order valence-corrected chi connectivity index (χ1v) is 7.45. The minimum atomic E-state index is 0.419. The van der Waals surface area contributed by atoms with Crippen LogP contribution in [-0.4, -0.2) is 4.83 Å². The predicted octanol–water partition coefficient (Wildman–Crippen LogP) is 5.33. The van der Waals surface area contributed by atoms with Crippen molar-refractivity contribution in [1.82, 2.24) is 0 Å². The molecule has 0 bridgehead atoms. The molecule has 0 radical (unpaired) electrons. The molecule has 0 saturated heterocycles. The van der Waals surface area contributed by atoms with E-state index in [1.54, 1.807) is 0 Å². The standard InChI is InChI=1S/C15H20BrCl/c1-14(2)13(15(14,3)4)11(16)9-10-7-5-6-8-12(10)17/h5-8,11,13H,9H2,1-4H3. The zero-order valence-electron chi connectivity index (χ0n) is 10.9. The van der Waals surface area contributed by atoms with E-state index in [4.69, 9.17) is 11.6 Å². The molecule has 1 unspecified atom stereocenters. The van der Waals surface area contributed by atoms with Crippen LogP contribution in [0.1, 0.15) is 33.3 Å². The summed E-state index contributed by atoms with van der Waals surface area (Å²) < 4.78 is 0. The van der Waals surface area contributed by atoms with Gasteiger partial charge in [0.2, 0.25) is 0 Å². The van der Waals surface area contributed by atoms with Gasteiger partial charge in [0, 0.05) is 9.85 Å². The predicted molar refractivity (Wildman–Crippen MR) is 78.9 cm³/mol. The van der Waals surface area contributed by atoms with Gasteiger partial charge in [-0.25, -0.2) is 0 Å². The monoisotopic (exact) mass is 314 g/mol. The molecule has 1 aliphatic carbocycles. The number of rotatable bonds is 3. The van der Waals surface area contributed by atoms with Gasteiger partial charge in [-0.05, 0) is 34.8 Å². The molecule has 0 heterocycles. The quantitative estimate of drug-likeness (QED) is 0.661. The van der Waals surface area contributed by atoms with Crippen molar-refractivity contribution in [2.24, 2.45) is 16.7 Å². The van der Waals surface area contributed by atoms with E-state index in [2.05, 4.69) is 55.8 Å². The Labute approximate surface area is 118 Å². The second-order valence-electron chi connectivity index (χ2n) is 6.23. The number of alkyl halides is 1. The molecule has 0 nitrogen and oxygen atoms in total. The molecular weight excluding hydrogens is 296 g/mol. The highest BCUT2D eigenvalue weighted by Crippen LogP contribution is 2.71. The highest BCUT2D eigenvalue weighted by Gasteiger charge is 2.66. The molecule has 0 N–H and O–H groups in total. The molecule has 1 fully saturated rings. The lowest BCUT2D eigenvalue weighted by Crippen LogP contribution is -2.10. The minimum Gasteiger partial charge on any atom is -0.0884 e. The second kappa shape index (κ2) is 4.28. The maximum atomic E-state index is 6.21. The van der Waals surface area contributed by atoms with E-state index >= 15 is 0 Å². The average molecular weight is 316 g/mol. The van der Waals surface area contributed by atoms with Gasteiger partial charge in [0.1, 0.15) is 0 Å². The Bertz CT molecular complexity index is 409. The van der Waals surface area contributed by atoms with Crippen LogP contribution >= 0.6 is 27.5 Å². The third-order valence-corrected chi connectivity index (χ3v) is 6.09. The van der Waals surface area contributed by atoms with E-state index in [1.165, 1.54) is 5.56 Å². The number of benzene rings is 1. The first kappa shape index (κ1) is 13.4. The molecule has 1 saturated carbocycles. The van der Waals surface area contributed by atoms with Crippen LogP contribution in [0.25, 0.3) is 0 Å². The van der Waals surface area contributed by atoms with Crippen molar-refractivity contribution in [3.8, 4) is 0 Å². The Hall–Kier alpha value is -0.0100. The van der Waals surface area contributed by atoms with Crippen LogP contribution in [0.2, 0.25) is 5.02 Å². The summed E-state index contributed by atoms with van der Waals surface area (Å²) in [4.78, 5) is 0.507. The van der Waals surface area contributed by atoms with Crippen LogP contribution < -0.4 is 0 Å². The Kier molecular flexibility index (Phi) is 3.38. The minimum absolute atomic E-state index is 0.419. The van der Waals surface area contributed by atoms with Crippen LogP contribution in [-0.2, 0) is 6.42 Å². The van der Waals surface area contributed by atoms with Gasteiger partial charge in [-0.3, -0.25) is 0 Å². The summed E-state index contributed by atoms with van der Waals surface area (Å²) in [6.45, 7) is 9.44. The van der Waals surface area contributed by atoms with Gasteiger partial charge in [0.15, 0.2) is 0 Å². The van der Waals surface area contributed by atoms with Crippen LogP contribution in [0.4, 0.5) is 0 Å². The topological polar surface area (TPSA) is 0 Å². The molecule has 1 aromatic carbocycles. The van der Waals surface area contributed by atoms with E-state index in [9.17, 15) is 0 Å². The van der Waals surface area contributed by atoms with E-state index in [-0.39, 0.29) is 0 Å². The first-order chi connectivity index (χ1) is 7.78. The van der Waals surface area contributed by atoms with E-state index in [0.717, 1.165) is 11.4 Å². The summed E-state index contributed by atoms with van der Waals surface area (Å²) in [7, 11) is 0. The summed E-state index contributed by atoms with van der Waals surface area (Å²) in [5.41, 5.74) is 2.08. The summed E-state index contributed by atoms with van der Waals surface area (Å²) in [6, 6.07) is 8.14. The third-order valence-electron chi connectivity index (χ3n) is 4.87. The van der Waals surface area contributed by atoms with Gasteiger partial charge in [0.05, 0.1) is 0 Å². The van der Waals surface area contributed by atoms with Crippen LogP contribution in [0.3, 0.4) is 0 Å². The lowest BCUT2D eigenvalue weighted by Gasteiger charge is -2.13. The maximum Gasteiger partial charge on any atom is 0.0438 e. The normalized spacial score (nSPS) is 23.4. The van der Waals surface area contributed by atoms with Gasteiger partial charge in [-0.2, -0.15) is 0 Å². The first-order valence-electron chi connectivity index (χ1n) is 6.16. The Morgan fingerprint density at radius 1 is 1.18 bits per heavy atom. The second-order valence-corrected chi connectivity index (χ2v) is 7.82. The maximum absolute atomic E-state index is 6.21. The van der Waals surface area contributed by atoms with Crippen molar-refractivity contribution in [3.63, 3.8) is 0 Å². The summed E-state index contributed by atoms with van der Waals surface area (Å²) in [6.07, 6.45) is 1.01. The van der Waals surface area contributed by atoms with Crippen LogP contribution in [0, 0.1) is 16.7 Å². The highest BCUT2D eigenvalue weighted by molar-refractivity contribution is 9.09. The highest BCUT2D eigenvalue weighted by atomic mass is 79.9. The molecule has 1 aromatic rings. The van der Waals surface area contributed by atoms with Crippen LogP contribution in [0.5, 0.6) is 0 Å². The molecule has 0 aromatic heterocycles. The van der Waals surface area contributed by atoms with E-state index < -0.39 is 0 Å². The Morgan fingerprint density at radius 2 is 1.71 bits per heavy atom. The molecule has 0 spiro atoms. The van der Waals surface area contributed by atoms with E-state index in [0.29, 0.717) is 21.6 Å². The van der Waals surface area contributed by atoms with Crippen LogP contribution in [0.15, 0.2) is 24.3 Å². The molecule has 94 valence electrons. The molecule has 2 rings (SSSR count). The van der Waals surface area contributed by atoms with Crippen molar-refractivity contribution in [3.05, 3.63) is 34.9 Å². The fourth-order valence-electron chi connectivity index (χ4n) is 3.14. The van der Waals surface area contributed by atoms with Gasteiger partial charge < -0.3 is 0 Å². The summed E-state index contributed by atoms with van der Waals surface area (Å²) in [5.74, 6) is 0.714. The zero-order chi connectivity index (χ0) is 12.8. The fourth-order valence-corrected chi connectivity index (χ4v) is 5.03. The van der Waals surface area contributed by atoms with Crippen molar-refractivity contribution >= 4 is 27.5 Å². The SMILES string of the molecule is CC1(C)C(C(Br)Cc2ccccc2Cl)C1(C)C. The molecule has 1 aliphatic rings. The summed E-state index contributed by atoms with van der Waals surface area (Å²) in [5, 5.41) is 0.883. The van der Waals surface area contributed by atoms with Crippen molar-refractivity contribution in [1.29, 1.82) is 0 Å². The van der Waals surface area contributed by atoms with Crippen molar-refractivity contribution in [2.45, 2.75) is 38.9 Å². The molecule has 1 atom stereocenters. The number of hydrogen-bond acceptors (Lipinski definition) is 0. The lowest BCUT2D eigenvalue weighted by molar-refractivity contribution is 0.457. The average Bonchev–Trinajstić information content (AvgIpc) is 2.61. The number of hydrogen-bond donors (Lipinski definition) is 0. The van der Waals surface area contributed by atoms with Gasteiger partial charge >= 0.3 is 0 Å². The smallest absolute Gasteiger partial charge is 0.0438 e. The van der Waals surface area contributed by atoms with Gasteiger partial charge in [-0.1, -0.05) is 73.4 Å². The van der Waals surface area contributed by atoms with Gasteiger partial charge in [-0.15, -0.1) is 0 Å². The summed E-state index contributed by atoms with van der Waals surface area (Å²) >= 11 is 10.1. The number of halogens is 2. The Morgan fingerprint density at radius 3 is 2.18 bits per heavy atom. The lowest BCUT2D eigenvalue weighted by atomic mass is 10.0. The Balaban J connectivity index is 2.10. The van der Waals surface area contributed by atoms with E-state index in [1.807, 2.05) is 12.1 Å². The third kappa shape index (κ3) is 2.17. The molecule has 2 heteroatoms. The molecule has 0 aliphatic heterocycles. The van der Waals surface area contributed by atoms with Crippen molar-refractivity contribution in [2.75, 3.05) is 0 Å².